The number of nitrogens with zero attached hydrogens (tertiary/aromatic N) is 1. The van der Waals surface area contributed by atoms with E-state index in [1.165, 1.54) is 12.1 Å². The van der Waals surface area contributed by atoms with Gasteiger partial charge < -0.3 is 9.67 Å². The molecule has 25 heavy (non-hydrogen) atoms. The van der Waals surface area contributed by atoms with Crippen molar-refractivity contribution in [3.05, 3.63) is 56.7 Å². The van der Waals surface area contributed by atoms with Gasteiger partial charge in [-0.25, -0.2) is 4.79 Å². The van der Waals surface area contributed by atoms with E-state index in [1.807, 2.05) is 24.5 Å². The number of aromatic nitrogens is 1. The van der Waals surface area contributed by atoms with Crippen LogP contribution in [-0.2, 0) is 4.79 Å². The first-order valence-corrected chi connectivity index (χ1v) is 8.44. The minimum Gasteiger partial charge on any atom is -0.478 e. The molecule has 0 saturated carbocycles. The van der Waals surface area contributed by atoms with E-state index in [2.05, 4.69) is 5.32 Å². The Balaban J connectivity index is 2.08. The van der Waals surface area contributed by atoms with E-state index in [4.69, 9.17) is 11.6 Å². The lowest BCUT2D eigenvalue weighted by molar-refractivity contribution is -0.115. The molecule has 8 heteroatoms. The van der Waals surface area contributed by atoms with Crippen LogP contribution in [0.2, 0.25) is 5.02 Å². The summed E-state index contributed by atoms with van der Waals surface area (Å²) in [6.07, 6.45) is 1.65. The van der Waals surface area contributed by atoms with E-state index >= 15 is 0 Å². The summed E-state index contributed by atoms with van der Waals surface area (Å²) in [5.74, 6) is -1.52. The maximum absolute atomic E-state index is 11.7. The van der Waals surface area contributed by atoms with Gasteiger partial charge in [-0.05, 0) is 61.5 Å². The number of aromatic carboxylic acids is 1. The van der Waals surface area contributed by atoms with Gasteiger partial charge in [-0.2, -0.15) is 0 Å². The van der Waals surface area contributed by atoms with Crippen LogP contribution in [0.15, 0.2) is 29.2 Å². The maximum atomic E-state index is 11.7. The normalized spacial score (nSPS) is 15.7. The molecule has 1 aromatic heterocycles. The van der Waals surface area contributed by atoms with Gasteiger partial charge >= 0.3 is 5.97 Å². The first-order chi connectivity index (χ1) is 11.8. The third-order valence-corrected chi connectivity index (χ3v) is 4.98. The fourth-order valence-corrected chi connectivity index (χ4v) is 3.58. The van der Waals surface area contributed by atoms with Crippen LogP contribution < -0.4 is 5.32 Å². The zero-order valence-corrected chi connectivity index (χ0v) is 14.9. The summed E-state index contributed by atoms with van der Waals surface area (Å²) in [5.41, 5.74) is 3.12. The zero-order chi connectivity index (χ0) is 18.3. The Morgan fingerprint density at radius 1 is 1.28 bits per heavy atom. The number of amides is 2. The van der Waals surface area contributed by atoms with Crippen molar-refractivity contribution in [1.29, 1.82) is 0 Å². The second-order valence-electron chi connectivity index (χ2n) is 5.48. The summed E-state index contributed by atoms with van der Waals surface area (Å²) < 4.78 is 1.87. The Hall–Kier alpha value is -2.51. The third kappa shape index (κ3) is 3.20. The predicted molar refractivity (Wildman–Crippen MR) is 96.3 cm³/mol. The molecule has 2 aromatic rings. The molecule has 3 rings (SSSR count). The molecule has 2 heterocycles. The molecule has 1 aromatic carbocycles. The fourth-order valence-electron chi connectivity index (χ4n) is 2.71. The molecule has 1 fully saturated rings. The summed E-state index contributed by atoms with van der Waals surface area (Å²) in [6, 6.07) is 6.64. The SMILES string of the molecule is Cc1cc(C=C2SC(=O)NC2=O)c(C)n1-c1ccc(Cl)c(C(=O)O)c1. The number of carboxylic acids is 1. The van der Waals surface area contributed by atoms with Gasteiger partial charge in [0.15, 0.2) is 0 Å². The number of carboxylic acid groups (broad SMARTS) is 1. The van der Waals surface area contributed by atoms with Crippen molar-refractivity contribution in [2.45, 2.75) is 13.8 Å². The Kier molecular flexibility index (Phi) is 4.45. The number of thioether (sulfide) groups is 1. The standard InChI is InChI=1S/C17H13ClN2O4S/c1-8-5-10(6-14-15(21)19-17(24)25-14)9(2)20(8)11-3-4-13(18)12(7-11)16(22)23/h3-7H,1-2H3,(H,22,23)(H,19,21,24). The molecule has 1 saturated heterocycles. The molecule has 0 aliphatic carbocycles. The van der Waals surface area contributed by atoms with Gasteiger partial charge in [0, 0.05) is 17.1 Å². The molecule has 6 nitrogen and oxygen atoms in total. The highest BCUT2D eigenvalue weighted by Crippen LogP contribution is 2.30. The lowest BCUT2D eigenvalue weighted by Gasteiger charge is -2.11. The number of carbonyl (C=O) groups is 3. The summed E-state index contributed by atoms with van der Waals surface area (Å²) in [5, 5.41) is 11.2. The van der Waals surface area contributed by atoms with E-state index in [0.717, 1.165) is 28.7 Å². The molecule has 0 unspecified atom stereocenters. The number of hydrogen-bond donors (Lipinski definition) is 2. The van der Waals surface area contributed by atoms with Crippen LogP contribution in [0.5, 0.6) is 0 Å². The minimum atomic E-state index is -1.10. The Labute approximate surface area is 152 Å². The van der Waals surface area contributed by atoms with Crippen LogP contribution >= 0.6 is 23.4 Å². The largest absolute Gasteiger partial charge is 0.478 e. The van der Waals surface area contributed by atoms with Crippen molar-refractivity contribution in [3.63, 3.8) is 0 Å². The van der Waals surface area contributed by atoms with Crippen molar-refractivity contribution in [1.82, 2.24) is 9.88 Å². The monoisotopic (exact) mass is 376 g/mol. The van der Waals surface area contributed by atoms with Gasteiger partial charge in [0.25, 0.3) is 11.1 Å². The van der Waals surface area contributed by atoms with E-state index in [-0.39, 0.29) is 10.6 Å². The highest BCUT2D eigenvalue weighted by atomic mass is 35.5. The molecule has 1 aliphatic heterocycles. The molecular weight excluding hydrogens is 364 g/mol. The van der Waals surface area contributed by atoms with Gasteiger partial charge in [0.1, 0.15) is 0 Å². The first kappa shape index (κ1) is 17.3. The van der Waals surface area contributed by atoms with Gasteiger partial charge in [0.05, 0.1) is 15.5 Å². The van der Waals surface area contributed by atoms with Crippen LogP contribution in [0.1, 0.15) is 27.3 Å². The number of nitrogens with one attached hydrogen (secondary N) is 1. The molecule has 0 atom stereocenters. The predicted octanol–water partition coefficient (Wildman–Crippen LogP) is 3.77. The molecule has 128 valence electrons. The van der Waals surface area contributed by atoms with Gasteiger partial charge in [0.2, 0.25) is 0 Å². The average Bonchev–Trinajstić information content (AvgIpc) is 2.99. The molecule has 1 aliphatic rings. The molecule has 2 amide bonds. The maximum Gasteiger partial charge on any atom is 0.337 e. The first-order valence-electron chi connectivity index (χ1n) is 7.25. The van der Waals surface area contributed by atoms with E-state index < -0.39 is 17.1 Å². The van der Waals surface area contributed by atoms with Gasteiger partial charge in [-0.3, -0.25) is 14.9 Å². The average molecular weight is 377 g/mol. The number of benzene rings is 1. The number of aryl methyl sites for hydroxylation is 1. The zero-order valence-electron chi connectivity index (χ0n) is 13.3. The summed E-state index contributed by atoms with van der Waals surface area (Å²) in [7, 11) is 0. The molecular formula is C17H13ClN2O4S. The van der Waals surface area contributed by atoms with Crippen LogP contribution in [0.4, 0.5) is 4.79 Å². The number of rotatable bonds is 3. The minimum absolute atomic E-state index is 0.0166. The number of carbonyl (C=O) groups excluding carboxylic acids is 2. The Morgan fingerprint density at radius 2 is 2.00 bits per heavy atom. The number of hydrogen-bond acceptors (Lipinski definition) is 4. The lowest BCUT2D eigenvalue weighted by Crippen LogP contribution is -2.17. The highest BCUT2D eigenvalue weighted by Gasteiger charge is 2.25. The van der Waals surface area contributed by atoms with E-state index in [1.54, 1.807) is 12.1 Å². The third-order valence-electron chi connectivity index (χ3n) is 3.84. The van der Waals surface area contributed by atoms with E-state index in [0.29, 0.717) is 10.6 Å². The summed E-state index contributed by atoms with van der Waals surface area (Å²) in [4.78, 5) is 34.6. The molecule has 2 N–H and O–H groups in total. The van der Waals surface area contributed by atoms with Crippen molar-refractivity contribution in [3.8, 4) is 5.69 Å². The quantitative estimate of drug-likeness (QED) is 0.796. The summed E-state index contributed by atoms with van der Waals surface area (Å²) >= 11 is 6.78. The molecule has 0 radical (unpaired) electrons. The smallest absolute Gasteiger partial charge is 0.337 e. The molecule has 0 bridgehead atoms. The Bertz CT molecular complexity index is 962. The lowest BCUT2D eigenvalue weighted by atomic mass is 10.2. The van der Waals surface area contributed by atoms with Gasteiger partial charge in [-0.15, -0.1) is 0 Å². The number of imide groups is 1. The van der Waals surface area contributed by atoms with Crippen LogP contribution in [0.25, 0.3) is 11.8 Å². The molecule has 0 spiro atoms. The van der Waals surface area contributed by atoms with Crippen LogP contribution in [0.3, 0.4) is 0 Å². The second kappa shape index (κ2) is 6.42. The van der Waals surface area contributed by atoms with Crippen LogP contribution in [-0.4, -0.2) is 26.8 Å². The second-order valence-corrected chi connectivity index (χ2v) is 6.91. The van der Waals surface area contributed by atoms with Crippen molar-refractivity contribution in [2.75, 3.05) is 0 Å². The van der Waals surface area contributed by atoms with E-state index in [9.17, 15) is 19.5 Å². The van der Waals surface area contributed by atoms with Gasteiger partial charge in [-0.1, -0.05) is 11.6 Å². The number of halogens is 1. The van der Waals surface area contributed by atoms with Crippen molar-refractivity contribution < 1.29 is 19.5 Å². The van der Waals surface area contributed by atoms with Crippen molar-refractivity contribution in [2.24, 2.45) is 0 Å². The fraction of sp³-hybridized carbons (Fsp3) is 0.118. The van der Waals surface area contributed by atoms with Crippen molar-refractivity contribution >= 4 is 46.6 Å². The highest BCUT2D eigenvalue weighted by molar-refractivity contribution is 8.18. The Morgan fingerprint density at radius 3 is 2.60 bits per heavy atom. The topological polar surface area (TPSA) is 88.4 Å². The summed E-state index contributed by atoms with van der Waals surface area (Å²) in [6.45, 7) is 3.73. The van der Waals surface area contributed by atoms with Crippen LogP contribution in [0, 0.1) is 13.8 Å².